The zero-order chi connectivity index (χ0) is 13.1. The Morgan fingerprint density at radius 1 is 1.11 bits per heavy atom. The number of aryl methyl sites for hydroxylation is 1. The second-order valence-corrected chi connectivity index (χ2v) is 4.74. The lowest BCUT2D eigenvalue weighted by Crippen LogP contribution is -1.82. The number of phenols is 1. The average Bonchev–Trinajstić information content (AvgIpc) is 2.34. The van der Waals surface area contributed by atoms with Crippen LogP contribution in [0.2, 0.25) is 10.0 Å². The van der Waals surface area contributed by atoms with Crippen LogP contribution >= 0.6 is 23.2 Å². The van der Waals surface area contributed by atoms with Crippen molar-refractivity contribution in [2.75, 3.05) is 0 Å². The fraction of sp³-hybridized carbons (Fsp3) is 0.0714. The molecule has 0 spiro atoms. The van der Waals surface area contributed by atoms with Crippen LogP contribution in [0.5, 0.6) is 5.75 Å². The Labute approximate surface area is 116 Å². The number of benzene rings is 2. The molecule has 0 atom stereocenters. The fourth-order valence-electron chi connectivity index (χ4n) is 1.47. The Balaban J connectivity index is 2.29. The zero-order valence-corrected chi connectivity index (χ0v) is 11.2. The van der Waals surface area contributed by atoms with E-state index in [9.17, 15) is 5.11 Å². The van der Waals surface area contributed by atoms with Crippen LogP contribution in [0.4, 0.5) is 5.69 Å². The number of rotatable bonds is 2. The third kappa shape index (κ3) is 3.03. The van der Waals surface area contributed by atoms with Gasteiger partial charge in [-0.2, -0.15) is 0 Å². The molecule has 0 saturated carbocycles. The molecule has 92 valence electrons. The van der Waals surface area contributed by atoms with Gasteiger partial charge in [-0.3, -0.25) is 4.99 Å². The minimum Gasteiger partial charge on any atom is -0.506 e. The summed E-state index contributed by atoms with van der Waals surface area (Å²) in [7, 11) is 0. The van der Waals surface area contributed by atoms with Crippen molar-refractivity contribution in [3.05, 3.63) is 57.6 Å². The molecular weight excluding hydrogens is 269 g/mol. The molecule has 0 aromatic heterocycles. The maximum atomic E-state index is 9.32. The highest BCUT2D eigenvalue weighted by Crippen LogP contribution is 2.25. The molecule has 0 radical (unpaired) electrons. The second-order valence-electron chi connectivity index (χ2n) is 3.90. The quantitative estimate of drug-likeness (QED) is 0.790. The van der Waals surface area contributed by atoms with Crippen molar-refractivity contribution >= 4 is 35.1 Å². The van der Waals surface area contributed by atoms with Gasteiger partial charge in [-0.05, 0) is 48.4 Å². The highest BCUT2D eigenvalue weighted by molar-refractivity contribution is 6.32. The van der Waals surface area contributed by atoms with Gasteiger partial charge in [0, 0.05) is 11.2 Å². The highest BCUT2D eigenvalue weighted by atomic mass is 35.5. The van der Waals surface area contributed by atoms with Gasteiger partial charge in [-0.15, -0.1) is 0 Å². The summed E-state index contributed by atoms with van der Waals surface area (Å²) in [6.07, 6.45) is 1.68. The summed E-state index contributed by atoms with van der Waals surface area (Å²) in [5.41, 5.74) is 2.67. The fourth-order valence-corrected chi connectivity index (χ4v) is 1.82. The van der Waals surface area contributed by atoms with Crippen LogP contribution in [0, 0.1) is 6.92 Å². The molecule has 2 aromatic rings. The third-order valence-corrected chi connectivity index (χ3v) is 3.03. The van der Waals surface area contributed by atoms with Gasteiger partial charge in [0.2, 0.25) is 0 Å². The van der Waals surface area contributed by atoms with Crippen molar-refractivity contribution in [2.24, 2.45) is 4.99 Å². The molecule has 18 heavy (non-hydrogen) atoms. The van der Waals surface area contributed by atoms with Crippen LogP contribution < -0.4 is 0 Å². The summed E-state index contributed by atoms with van der Waals surface area (Å²) in [6, 6.07) is 10.5. The van der Waals surface area contributed by atoms with Gasteiger partial charge >= 0.3 is 0 Å². The summed E-state index contributed by atoms with van der Waals surface area (Å²) >= 11 is 11.7. The lowest BCUT2D eigenvalue weighted by atomic mass is 10.2. The van der Waals surface area contributed by atoms with Gasteiger partial charge in [0.25, 0.3) is 0 Å². The summed E-state index contributed by atoms with van der Waals surface area (Å²) in [5.74, 6) is 0.0627. The van der Waals surface area contributed by atoms with Crippen molar-refractivity contribution in [3.63, 3.8) is 0 Å². The first-order valence-corrected chi connectivity index (χ1v) is 6.10. The Morgan fingerprint density at radius 2 is 1.89 bits per heavy atom. The summed E-state index contributed by atoms with van der Waals surface area (Å²) in [4.78, 5) is 4.36. The van der Waals surface area contributed by atoms with Gasteiger partial charge in [-0.1, -0.05) is 29.3 Å². The van der Waals surface area contributed by atoms with Gasteiger partial charge < -0.3 is 5.11 Å². The largest absolute Gasteiger partial charge is 0.506 e. The number of aliphatic imine (C=N–C) groups is 1. The molecule has 0 amide bonds. The lowest BCUT2D eigenvalue weighted by molar-refractivity contribution is 0.475. The van der Waals surface area contributed by atoms with Crippen LogP contribution in [0.1, 0.15) is 11.1 Å². The minimum absolute atomic E-state index is 0.0627. The number of phenolic OH excluding ortho intramolecular Hbond substituents is 1. The molecular formula is C14H11Cl2NO. The SMILES string of the molecule is Cc1ccc(Cl)cc1N=Cc1ccc(O)c(Cl)c1. The zero-order valence-electron chi connectivity index (χ0n) is 9.69. The normalized spacial score (nSPS) is 11.1. The summed E-state index contributed by atoms with van der Waals surface area (Å²) < 4.78 is 0. The van der Waals surface area contributed by atoms with Crippen LogP contribution in [0.25, 0.3) is 0 Å². The van der Waals surface area contributed by atoms with E-state index in [1.54, 1.807) is 24.4 Å². The Hall–Kier alpha value is -1.51. The molecule has 0 aliphatic carbocycles. The van der Waals surface area contributed by atoms with Crippen molar-refractivity contribution in [1.29, 1.82) is 0 Å². The summed E-state index contributed by atoms with van der Waals surface area (Å²) in [6.45, 7) is 1.97. The van der Waals surface area contributed by atoms with E-state index in [-0.39, 0.29) is 5.75 Å². The molecule has 1 N–H and O–H groups in total. The number of aromatic hydroxyl groups is 1. The highest BCUT2D eigenvalue weighted by Gasteiger charge is 1.99. The number of halogens is 2. The van der Waals surface area contributed by atoms with Crippen molar-refractivity contribution < 1.29 is 5.11 Å². The van der Waals surface area contributed by atoms with Gasteiger partial charge in [0.15, 0.2) is 0 Å². The van der Waals surface area contributed by atoms with Gasteiger partial charge in [-0.25, -0.2) is 0 Å². The van der Waals surface area contributed by atoms with Crippen molar-refractivity contribution in [1.82, 2.24) is 0 Å². The maximum Gasteiger partial charge on any atom is 0.134 e. The molecule has 2 aromatic carbocycles. The van der Waals surface area contributed by atoms with E-state index in [1.807, 2.05) is 19.1 Å². The Kier molecular flexibility index (Phi) is 3.90. The predicted octanol–water partition coefficient (Wildman–Crippen LogP) is 4.76. The molecule has 0 bridgehead atoms. The third-order valence-electron chi connectivity index (χ3n) is 2.50. The van der Waals surface area contributed by atoms with Crippen molar-refractivity contribution in [2.45, 2.75) is 6.92 Å². The standard InChI is InChI=1S/C14H11Cl2NO/c1-9-2-4-11(15)7-13(9)17-8-10-3-5-14(18)12(16)6-10/h2-8,18H,1H3. The first kappa shape index (κ1) is 12.9. The van der Waals surface area contributed by atoms with E-state index in [1.165, 1.54) is 6.07 Å². The summed E-state index contributed by atoms with van der Waals surface area (Å²) in [5, 5.41) is 10.3. The Bertz CT molecular complexity index is 609. The van der Waals surface area contributed by atoms with E-state index >= 15 is 0 Å². The minimum atomic E-state index is 0.0627. The maximum absolute atomic E-state index is 9.32. The lowest BCUT2D eigenvalue weighted by Gasteiger charge is -2.01. The molecule has 0 saturated heterocycles. The van der Waals surface area contributed by atoms with Crippen LogP contribution in [-0.2, 0) is 0 Å². The van der Waals surface area contributed by atoms with E-state index < -0.39 is 0 Å². The molecule has 0 aliphatic heterocycles. The molecule has 2 rings (SSSR count). The van der Waals surface area contributed by atoms with E-state index in [4.69, 9.17) is 23.2 Å². The van der Waals surface area contributed by atoms with Crippen LogP contribution in [-0.4, -0.2) is 11.3 Å². The molecule has 2 nitrogen and oxygen atoms in total. The Morgan fingerprint density at radius 3 is 2.61 bits per heavy atom. The average molecular weight is 280 g/mol. The monoisotopic (exact) mass is 279 g/mol. The number of hydrogen-bond acceptors (Lipinski definition) is 2. The van der Waals surface area contributed by atoms with Crippen LogP contribution in [0.15, 0.2) is 41.4 Å². The predicted molar refractivity (Wildman–Crippen MR) is 76.6 cm³/mol. The van der Waals surface area contributed by atoms with Crippen molar-refractivity contribution in [3.8, 4) is 5.75 Å². The second kappa shape index (κ2) is 5.42. The van der Waals surface area contributed by atoms with Gasteiger partial charge in [0.05, 0.1) is 10.7 Å². The molecule has 0 aliphatic rings. The molecule has 0 heterocycles. The smallest absolute Gasteiger partial charge is 0.134 e. The van der Waals surface area contributed by atoms with Gasteiger partial charge in [0.1, 0.15) is 5.75 Å². The van der Waals surface area contributed by atoms with Crippen LogP contribution in [0.3, 0.4) is 0 Å². The van der Waals surface area contributed by atoms with E-state index in [0.29, 0.717) is 10.0 Å². The number of hydrogen-bond donors (Lipinski definition) is 1. The molecule has 0 fully saturated rings. The first-order valence-electron chi connectivity index (χ1n) is 5.35. The molecule has 4 heteroatoms. The topological polar surface area (TPSA) is 32.6 Å². The van der Waals surface area contributed by atoms with E-state index in [2.05, 4.69) is 4.99 Å². The number of nitrogens with zero attached hydrogens (tertiary/aromatic N) is 1. The molecule has 0 unspecified atom stereocenters. The first-order chi connectivity index (χ1) is 8.56. The van der Waals surface area contributed by atoms with E-state index in [0.717, 1.165) is 16.8 Å².